The molecule has 0 saturated carbocycles. The molecular formula is C21H30N4O4. The Labute approximate surface area is 171 Å². The number of piperidine rings is 1. The number of aliphatic imine (C=N–C) groups is 1. The van der Waals surface area contributed by atoms with E-state index in [1.165, 1.54) is 12.2 Å². The first-order valence-electron chi connectivity index (χ1n) is 9.79. The molecule has 2 heterocycles. The summed E-state index contributed by atoms with van der Waals surface area (Å²) in [7, 11) is 1.60. The standard InChI is InChI=1S/C21H30N4O4/c1-3-16(21(27)28)13-18(22-2)14-23-9-6-20(26)24-17-7-10-25(11-8-17)15-19-5-4-12-29-19/h3-5,12-13,17,23H,1,6-11,14-15H2,2H3,(H,24,26)(H,27,28)/b16-13+,22-18?. The van der Waals surface area contributed by atoms with Gasteiger partial charge in [0, 0.05) is 51.4 Å². The fraction of sp³-hybridized carbons (Fsp3) is 0.476. The molecule has 0 unspecified atom stereocenters. The molecule has 0 aromatic carbocycles. The molecule has 8 heteroatoms. The van der Waals surface area contributed by atoms with E-state index in [1.807, 2.05) is 12.1 Å². The molecule has 3 N–H and O–H groups in total. The number of carbonyl (C=O) groups excluding carboxylic acids is 1. The quantitative estimate of drug-likeness (QED) is 0.225. The number of hydrogen-bond acceptors (Lipinski definition) is 6. The molecule has 8 nitrogen and oxygen atoms in total. The van der Waals surface area contributed by atoms with Crippen LogP contribution in [0.3, 0.4) is 0 Å². The molecule has 1 amide bonds. The van der Waals surface area contributed by atoms with Crippen molar-refractivity contribution < 1.29 is 19.1 Å². The Balaban J connectivity index is 1.62. The van der Waals surface area contributed by atoms with Crippen molar-refractivity contribution in [3.05, 3.63) is 48.5 Å². The Morgan fingerprint density at radius 3 is 2.76 bits per heavy atom. The van der Waals surface area contributed by atoms with E-state index in [-0.39, 0.29) is 17.5 Å². The van der Waals surface area contributed by atoms with Crippen molar-refractivity contribution in [2.24, 2.45) is 4.99 Å². The molecule has 158 valence electrons. The van der Waals surface area contributed by atoms with E-state index < -0.39 is 5.97 Å². The maximum Gasteiger partial charge on any atom is 0.335 e. The highest BCUT2D eigenvalue weighted by Gasteiger charge is 2.21. The fourth-order valence-corrected chi connectivity index (χ4v) is 3.16. The minimum Gasteiger partial charge on any atom is -0.478 e. The first-order valence-corrected chi connectivity index (χ1v) is 9.79. The molecule has 1 aliphatic heterocycles. The van der Waals surface area contributed by atoms with Crippen LogP contribution in [0.25, 0.3) is 0 Å². The smallest absolute Gasteiger partial charge is 0.335 e. The second-order valence-electron chi connectivity index (χ2n) is 6.95. The SMILES string of the molecule is C=C/C(=C\C(CNCCC(=O)NC1CCN(Cc2ccco2)CC1)=NC)C(=O)O. The van der Waals surface area contributed by atoms with E-state index in [9.17, 15) is 9.59 Å². The van der Waals surface area contributed by atoms with Gasteiger partial charge in [-0.15, -0.1) is 0 Å². The van der Waals surface area contributed by atoms with Crippen LogP contribution in [-0.4, -0.2) is 66.9 Å². The second-order valence-corrected chi connectivity index (χ2v) is 6.95. The minimum atomic E-state index is -1.05. The van der Waals surface area contributed by atoms with E-state index in [2.05, 4.69) is 27.1 Å². The summed E-state index contributed by atoms with van der Waals surface area (Å²) in [6.45, 7) is 7.04. The van der Waals surface area contributed by atoms with Gasteiger partial charge in [0.25, 0.3) is 0 Å². The molecule has 1 aromatic rings. The van der Waals surface area contributed by atoms with E-state index in [1.54, 1.807) is 13.3 Å². The van der Waals surface area contributed by atoms with Crippen molar-refractivity contribution in [1.82, 2.24) is 15.5 Å². The normalized spacial score (nSPS) is 16.6. The van der Waals surface area contributed by atoms with E-state index >= 15 is 0 Å². The highest BCUT2D eigenvalue weighted by molar-refractivity contribution is 6.04. The third-order valence-corrected chi connectivity index (χ3v) is 4.82. The van der Waals surface area contributed by atoms with Crippen LogP contribution in [0.5, 0.6) is 0 Å². The lowest BCUT2D eigenvalue weighted by Gasteiger charge is -2.31. The zero-order valence-corrected chi connectivity index (χ0v) is 16.9. The fourth-order valence-electron chi connectivity index (χ4n) is 3.16. The van der Waals surface area contributed by atoms with Crippen LogP contribution < -0.4 is 10.6 Å². The van der Waals surface area contributed by atoms with E-state index in [0.29, 0.717) is 25.2 Å². The Bertz CT molecular complexity index is 732. The number of nitrogens with zero attached hydrogens (tertiary/aromatic N) is 2. The summed E-state index contributed by atoms with van der Waals surface area (Å²) in [4.78, 5) is 29.6. The van der Waals surface area contributed by atoms with Gasteiger partial charge in [-0.25, -0.2) is 4.79 Å². The summed E-state index contributed by atoms with van der Waals surface area (Å²) in [5.74, 6) is -0.0625. The molecule has 1 aromatic heterocycles. The Morgan fingerprint density at radius 1 is 1.41 bits per heavy atom. The summed E-state index contributed by atoms with van der Waals surface area (Å²) in [6, 6.07) is 4.08. The number of carboxylic acids is 1. The van der Waals surface area contributed by atoms with Crippen LogP contribution in [-0.2, 0) is 16.1 Å². The van der Waals surface area contributed by atoms with Crippen molar-refractivity contribution in [2.45, 2.75) is 31.8 Å². The number of hydrogen-bond donors (Lipinski definition) is 3. The molecule has 0 bridgehead atoms. The lowest BCUT2D eigenvalue weighted by atomic mass is 10.0. The molecule has 29 heavy (non-hydrogen) atoms. The average Bonchev–Trinajstić information content (AvgIpc) is 3.22. The van der Waals surface area contributed by atoms with Crippen molar-refractivity contribution in [3.63, 3.8) is 0 Å². The van der Waals surface area contributed by atoms with Crippen molar-refractivity contribution in [1.29, 1.82) is 0 Å². The zero-order valence-electron chi connectivity index (χ0n) is 16.9. The van der Waals surface area contributed by atoms with E-state index in [0.717, 1.165) is 38.2 Å². The summed E-state index contributed by atoms with van der Waals surface area (Å²) in [5, 5.41) is 15.2. The van der Waals surface area contributed by atoms with Gasteiger partial charge >= 0.3 is 5.97 Å². The number of carbonyl (C=O) groups is 2. The third kappa shape index (κ3) is 8.05. The first-order chi connectivity index (χ1) is 14.0. The largest absolute Gasteiger partial charge is 0.478 e. The summed E-state index contributed by atoms with van der Waals surface area (Å²) < 4.78 is 5.38. The molecular weight excluding hydrogens is 372 g/mol. The summed E-state index contributed by atoms with van der Waals surface area (Å²) in [5.41, 5.74) is 0.676. The van der Waals surface area contributed by atoms with Crippen LogP contribution in [0.2, 0.25) is 0 Å². The van der Waals surface area contributed by atoms with Crippen molar-refractivity contribution >= 4 is 17.6 Å². The lowest BCUT2D eigenvalue weighted by Crippen LogP contribution is -2.44. The van der Waals surface area contributed by atoms with Crippen molar-refractivity contribution in [3.8, 4) is 0 Å². The molecule has 1 saturated heterocycles. The Morgan fingerprint density at radius 2 is 2.17 bits per heavy atom. The average molecular weight is 402 g/mol. The number of aliphatic carboxylic acids is 1. The highest BCUT2D eigenvalue weighted by Crippen LogP contribution is 2.14. The van der Waals surface area contributed by atoms with Crippen LogP contribution in [0, 0.1) is 0 Å². The second kappa shape index (κ2) is 12.0. The number of nitrogens with one attached hydrogen (secondary N) is 2. The molecule has 1 fully saturated rings. The zero-order chi connectivity index (χ0) is 21.1. The third-order valence-electron chi connectivity index (χ3n) is 4.82. The number of amides is 1. The van der Waals surface area contributed by atoms with Gasteiger partial charge in [-0.2, -0.15) is 0 Å². The van der Waals surface area contributed by atoms with Gasteiger partial charge in [-0.3, -0.25) is 14.7 Å². The van der Waals surface area contributed by atoms with Gasteiger partial charge in [-0.05, 0) is 31.1 Å². The van der Waals surface area contributed by atoms with Gasteiger partial charge in [0.15, 0.2) is 0 Å². The number of furan rings is 1. The first kappa shape index (κ1) is 22.6. The predicted octanol–water partition coefficient (Wildman–Crippen LogP) is 1.61. The summed E-state index contributed by atoms with van der Waals surface area (Å²) >= 11 is 0. The van der Waals surface area contributed by atoms with Crippen LogP contribution in [0.15, 0.2) is 52.1 Å². The topological polar surface area (TPSA) is 107 Å². The van der Waals surface area contributed by atoms with Crippen LogP contribution in [0.4, 0.5) is 0 Å². The molecule has 0 spiro atoms. The van der Waals surface area contributed by atoms with Crippen LogP contribution in [0.1, 0.15) is 25.0 Å². The van der Waals surface area contributed by atoms with Gasteiger partial charge in [-0.1, -0.05) is 12.7 Å². The van der Waals surface area contributed by atoms with Gasteiger partial charge < -0.3 is 20.2 Å². The van der Waals surface area contributed by atoms with Gasteiger partial charge in [0.1, 0.15) is 5.76 Å². The van der Waals surface area contributed by atoms with Gasteiger partial charge in [0.2, 0.25) is 5.91 Å². The molecule has 0 radical (unpaired) electrons. The molecule has 1 aliphatic rings. The minimum absolute atomic E-state index is 0.0184. The maximum absolute atomic E-state index is 12.2. The summed E-state index contributed by atoms with van der Waals surface area (Å²) in [6.07, 6.45) is 6.65. The number of likely N-dealkylation sites (tertiary alicyclic amines) is 1. The number of carboxylic acid groups (broad SMARTS) is 1. The predicted molar refractivity (Wildman–Crippen MR) is 112 cm³/mol. The Kier molecular flexibility index (Phi) is 9.33. The Hall–Kier alpha value is -2.71. The molecule has 0 aliphatic carbocycles. The molecule has 2 rings (SSSR count). The van der Waals surface area contributed by atoms with Crippen molar-refractivity contribution in [2.75, 3.05) is 33.2 Å². The maximum atomic E-state index is 12.2. The van der Waals surface area contributed by atoms with Gasteiger partial charge in [0.05, 0.1) is 18.4 Å². The highest BCUT2D eigenvalue weighted by atomic mass is 16.4. The monoisotopic (exact) mass is 402 g/mol. The molecule has 0 atom stereocenters. The number of rotatable bonds is 11. The van der Waals surface area contributed by atoms with Crippen LogP contribution >= 0.6 is 0 Å². The van der Waals surface area contributed by atoms with E-state index in [4.69, 9.17) is 9.52 Å². The lowest BCUT2D eigenvalue weighted by molar-refractivity contribution is -0.132.